The molecule has 0 saturated heterocycles. The first kappa shape index (κ1) is 13.6. The maximum Gasteiger partial charge on any atom is 0.132 e. The molecule has 0 aliphatic rings. The molecule has 0 aliphatic heterocycles. The maximum absolute atomic E-state index is 5.85. The molecular weight excluding hydrogens is 238 g/mol. The Morgan fingerprint density at radius 1 is 1.26 bits per heavy atom. The first-order valence-electron chi connectivity index (χ1n) is 6.64. The Morgan fingerprint density at radius 2 is 2.05 bits per heavy atom. The van der Waals surface area contributed by atoms with E-state index in [-0.39, 0.29) is 0 Å². The molecule has 0 atom stereocenters. The quantitative estimate of drug-likeness (QED) is 0.838. The third kappa shape index (κ3) is 3.35. The summed E-state index contributed by atoms with van der Waals surface area (Å²) in [7, 11) is 0. The van der Waals surface area contributed by atoms with Crippen LogP contribution in [0.2, 0.25) is 0 Å². The van der Waals surface area contributed by atoms with Crippen LogP contribution in [-0.4, -0.2) is 16.7 Å². The summed E-state index contributed by atoms with van der Waals surface area (Å²) in [6.45, 7) is 8.45. The highest BCUT2D eigenvalue weighted by Gasteiger charge is 2.10. The standard InChI is InChI=1S/C15H21N3O/c1-4-16-9-13-12(3)17-18-14(13)10-19-15-8-6-5-7-11(15)2/h5-8,16H,4,9-10H2,1-3H3,(H,17,18). The van der Waals surface area contributed by atoms with Crippen molar-refractivity contribution in [3.8, 4) is 5.75 Å². The van der Waals surface area contributed by atoms with Gasteiger partial charge in [-0.3, -0.25) is 5.10 Å². The lowest BCUT2D eigenvalue weighted by atomic mass is 10.2. The van der Waals surface area contributed by atoms with E-state index in [1.165, 1.54) is 5.56 Å². The van der Waals surface area contributed by atoms with Gasteiger partial charge in [0.15, 0.2) is 0 Å². The van der Waals surface area contributed by atoms with Crippen molar-refractivity contribution in [1.82, 2.24) is 15.5 Å². The lowest BCUT2D eigenvalue weighted by Gasteiger charge is -2.09. The number of H-pyrrole nitrogens is 1. The van der Waals surface area contributed by atoms with Gasteiger partial charge in [0.05, 0.1) is 0 Å². The molecule has 4 heteroatoms. The van der Waals surface area contributed by atoms with Gasteiger partial charge < -0.3 is 10.1 Å². The van der Waals surface area contributed by atoms with Gasteiger partial charge in [-0.05, 0) is 32.0 Å². The van der Waals surface area contributed by atoms with Gasteiger partial charge in [-0.1, -0.05) is 25.1 Å². The summed E-state index contributed by atoms with van der Waals surface area (Å²) in [5.41, 5.74) is 4.42. The van der Waals surface area contributed by atoms with Gasteiger partial charge in [-0.15, -0.1) is 0 Å². The van der Waals surface area contributed by atoms with Crippen LogP contribution in [0.5, 0.6) is 5.75 Å². The lowest BCUT2D eigenvalue weighted by Crippen LogP contribution is -2.14. The summed E-state index contributed by atoms with van der Waals surface area (Å²) in [6, 6.07) is 8.03. The molecule has 1 aromatic heterocycles. The minimum absolute atomic E-state index is 0.496. The highest BCUT2D eigenvalue weighted by Crippen LogP contribution is 2.19. The fourth-order valence-electron chi connectivity index (χ4n) is 1.97. The third-order valence-electron chi connectivity index (χ3n) is 3.17. The van der Waals surface area contributed by atoms with Crippen molar-refractivity contribution in [2.75, 3.05) is 6.54 Å². The number of nitrogens with one attached hydrogen (secondary N) is 2. The average molecular weight is 259 g/mol. The second kappa shape index (κ2) is 6.38. The Bertz CT molecular complexity index is 534. The zero-order valence-electron chi connectivity index (χ0n) is 11.8. The van der Waals surface area contributed by atoms with Gasteiger partial charge in [0.25, 0.3) is 0 Å². The first-order chi connectivity index (χ1) is 9.22. The molecule has 0 aliphatic carbocycles. The number of benzene rings is 1. The number of hydrogen-bond acceptors (Lipinski definition) is 3. The van der Waals surface area contributed by atoms with Gasteiger partial charge in [-0.2, -0.15) is 5.10 Å². The molecule has 0 amide bonds. The van der Waals surface area contributed by atoms with Gasteiger partial charge >= 0.3 is 0 Å². The summed E-state index contributed by atoms with van der Waals surface area (Å²) in [5.74, 6) is 0.914. The topological polar surface area (TPSA) is 49.9 Å². The largest absolute Gasteiger partial charge is 0.487 e. The highest BCUT2D eigenvalue weighted by atomic mass is 16.5. The molecule has 0 unspecified atom stereocenters. The van der Waals surface area contributed by atoms with Crippen LogP contribution in [0.15, 0.2) is 24.3 Å². The predicted octanol–water partition coefficient (Wildman–Crippen LogP) is 2.72. The molecule has 2 N–H and O–H groups in total. The van der Waals surface area contributed by atoms with Gasteiger partial charge in [-0.25, -0.2) is 0 Å². The average Bonchev–Trinajstić information content (AvgIpc) is 2.76. The summed E-state index contributed by atoms with van der Waals surface area (Å²) >= 11 is 0. The summed E-state index contributed by atoms with van der Waals surface area (Å²) in [6.07, 6.45) is 0. The monoisotopic (exact) mass is 259 g/mol. The first-order valence-corrected chi connectivity index (χ1v) is 6.64. The number of nitrogens with zero attached hydrogens (tertiary/aromatic N) is 1. The van der Waals surface area contributed by atoms with Crippen LogP contribution in [-0.2, 0) is 13.2 Å². The Balaban J connectivity index is 2.05. The Labute approximate surface area is 114 Å². The second-order valence-corrected chi connectivity index (χ2v) is 4.61. The van der Waals surface area contributed by atoms with Crippen molar-refractivity contribution >= 4 is 0 Å². The Hall–Kier alpha value is -1.81. The number of ether oxygens (including phenoxy) is 1. The number of para-hydroxylation sites is 1. The van der Waals surface area contributed by atoms with Crippen molar-refractivity contribution in [2.24, 2.45) is 0 Å². The van der Waals surface area contributed by atoms with Gasteiger partial charge in [0.1, 0.15) is 18.1 Å². The van der Waals surface area contributed by atoms with Crippen LogP contribution in [0.1, 0.15) is 29.4 Å². The summed E-state index contributed by atoms with van der Waals surface area (Å²) in [4.78, 5) is 0. The van der Waals surface area contributed by atoms with Crippen molar-refractivity contribution in [3.05, 3.63) is 46.8 Å². The van der Waals surface area contributed by atoms with Crippen molar-refractivity contribution in [2.45, 2.75) is 33.9 Å². The predicted molar refractivity (Wildman–Crippen MR) is 76.2 cm³/mol. The van der Waals surface area contributed by atoms with Crippen molar-refractivity contribution in [1.29, 1.82) is 0 Å². The number of hydrogen-bond donors (Lipinski definition) is 2. The molecule has 102 valence electrons. The smallest absolute Gasteiger partial charge is 0.132 e. The molecule has 0 spiro atoms. The lowest BCUT2D eigenvalue weighted by molar-refractivity contribution is 0.297. The molecular formula is C15H21N3O. The van der Waals surface area contributed by atoms with E-state index in [2.05, 4.69) is 22.4 Å². The Morgan fingerprint density at radius 3 is 2.79 bits per heavy atom. The van der Waals surface area contributed by atoms with Crippen molar-refractivity contribution in [3.63, 3.8) is 0 Å². The molecule has 19 heavy (non-hydrogen) atoms. The van der Waals surface area contributed by atoms with Crippen LogP contribution < -0.4 is 10.1 Å². The minimum Gasteiger partial charge on any atom is -0.487 e. The van der Waals surface area contributed by atoms with Crippen LogP contribution in [0.4, 0.5) is 0 Å². The van der Waals surface area contributed by atoms with Crippen LogP contribution in [0.25, 0.3) is 0 Å². The number of aryl methyl sites for hydroxylation is 2. The van der Waals surface area contributed by atoms with E-state index in [4.69, 9.17) is 4.74 Å². The molecule has 0 radical (unpaired) electrons. The van der Waals surface area contributed by atoms with E-state index >= 15 is 0 Å². The van der Waals surface area contributed by atoms with Crippen LogP contribution in [0, 0.1) is 13.8 Å². The molecule has 0 saturated carbocycles. The molecule has 0 bridgehead atoms. The molecule has 4 nitrogen and oxygen atoms in total. The number of rotatable bonds is 6. The second-order valence-electron chi connectivity index (χ2n) is 4.61. The molecule has 1 heterocycles. The molecule has 1 aromatic carbocycles. The normalized spacial score (nSPS) is 10.7. The Kier molecular flexibility index (Phi) is 4.58. The van der Waals surface area contributed by atoms with E-state index in [0.29, 0.717) is 6.61 Å². The fraction of sp³-hybridized carbons (Fsp3) is 0.400. The third-order valence-corrected chi connectivity index (χ3v) is 3.17. The number of aromatic amines is 1. The SMILES string of the molecule is CCNCc1c(COc2ccccc2C)n[nH]c1C. The van der Waals surface area contributed by atoms with E-state index in [1.54, 1.807) is 0 Å². The van der Waals surface area contributed by atoms with E-state index in [1.807, 2.05) is 38.1 Å². The molecule has 2 rings (SSSR count). The van der Waals surface area contributed by atoms with Crippen LogP contribution in [0.3, 0.4) is 0 Å². The van der Waals surface area contributed by atoms with E-state index in [9.17, 15) is 0 Å². The minimum atomic E-state index is 0.496. The fourth-order valence-corrected chi connectivity index (χ4v) is 1.97. The van der Waals surface area contributed by atoms with E-state index in [0.717, 1.165) is 35.8 Å². The zero-order chi connectivity index (χ0) is 13.7. The number of aromatic nitrogens is 2. The van der Waals surface area contributed by atoms with E-state index < -0.39 is 0 Å². The molecule has 2 aromatic rings. The van der Waals surface area contributed by atoms with Gasteiger partial charge in [0, 0.05) is 17.8 Å². The highest BCUT2D eigenvalue weighted by molar-refractivity contribution is 5.32. The van der Waals surface area contributed by atoms with Crippen molar-refractivity contribution < 1.29 is 4.74 Å². The molecule has 0 fully saturated rings. The maximum atomic E-state index is 5.85. The van der Waals surface area contributed by atoms with Gasteiger partial charge in [0.2, 0.25) is 0 Å². The summed E-state index contributed by atoms with van der Waals surface area (Å²) in [5, 5.41) is 10.7. The summed E-state index contributed by atoms with van der Waals surface area (Å²) < 4.78 is 5.85. The van der Waals surface area contributed by atoms with Crippen LogP contribution >= 0.6 is 0 Å². The zero-order valence-corrected chi connectivity index (χ0v) is 11.8.